The van der Waals surface area contributed by atoms with Crippen LogP contribution in [0.5, 0.6) is 0 Å². The van der Waals surface area contributed by atoms with Crippen LogP contribution in [0.25, 0.3) is 0 Å². The van der Waals surface area contributed by atoms with Gasteiger partial charge in [-0.1, -0.05) is 0 Å². The third-order valence-electron chi connectivity index (χ3n) is 4.38. The molecule has 0 amide bonds. The summed E-state index contributed by atoms with van der Waals surface area (Å²) < 4.78 is 10.9. The Balaban J connectivity index is 1.65. The highest BCUT2D eigenvalue weighted by Gasteiger charge is 2.41. The van der Waals surface area contributed by atoms with Gasteiger partial charge in [-0.2, -0.15) is 0 Å². The molecule has 2 aliphatic heterocycles. The smallest absolute Gasteiger partial charge is 0.0699 e. The molecule has 16 heavy (non-hydrogen) atoms. The summed E-state index contributed by atoms with van der Waals surface area (Å²) in [5.41, 5.74) is 0. The van der Waals surface area contributed by atoms with Crippen molar-refractivity contribution in [2.45, 2.75) is 25.0 Å². The second kappa shape index (κ2) is 4.61. The van der Waals surface area contributed by atoms with Crippen LogP contribution >= 0.6 is 0 Å². The van der Waals surface area contributed by atoms with E-state index in [1.807, 2.05) is 0 Å². The van der Waals surface area contributed by atoms with Crippen LogP contribution in [0.3, 0.4) is 0 Å². The molecule has 2 saturated heterocycles. The van der Waals surface area contributed by atoms with Gasteiger partial charge in [-0.3, -0.25) is 4.90 Å². The van der Waals surface area contributed by atoms with Crippen LogP contribution in [-0.2, 0) is 9.47 Å². The monoisotopic (exact) mass is 227 g/mol. The summed E-state index contributed by atoms with van der Waals surface area (Å²) in [6.07, 6.45) is 1.86. The van der Waals surface area contributed by atoms with Gasteiger partial charge in [-0.25, -0.2) is 0 Å². The Kier molecular flexibility index (Phi) is 3.16. The Morgan fingerprint density at radius 1 is 0.938 bits per heavy atom. The van der Waals surface area contributed by atoms with Gasteiger partial charge in [0, 0.05) is 32.3 Å². The van der Waals surface area contributed by atoms with Crippen LogP contribution in [0.4, 0.5) is 0 Å². The average molecular weight is 227 g/mol. The first-order chi connectivity index (χ1) is 7.84. The lowest BCUT2D eigenvalue weighted by molar-refractivity contribution is -0.0520. The first-order valence-electron chi connectivity index (χ1n) is 6.42. The molecule has 2 heterocycles. The first-order valence-corrected chi connectivity index (χ1v) is 6.42. The van der Waals surface area contributed by atoms with Crippen molar-refractivity contribution < 1.29 is 14.6 Å². The molecule has 0 aromatic rings. The topological polar surface area (TPSA) is 41.9 Å². The molecule has 0 aromatic carbocycles. The Morgan fingerprint density at radius 3 is 2.38 bits per heavy atom. The highest BCUT2D eigenvalue weighted by molar-refractivity contribution is 4.93. The number of fused-ring (bicyclic) bond motifs is 1. The maximum Gasteiger partial charge on any atom is 0.0699 e. The molecule has 3 fully saturated rings. The fourth-order valence-electron chi connectivity index (χ4n) is 3.40. The lowest BCUT2D eigenvalue weighted by Crippen LogP contribution is -2.53. The van der Waals surface area contributed by atoms with Crippen LogP contribution < -0.4 is 0 Å². The number of morpholine rings is 1. The molecule has 0 aromatic heterocycles. The lowest BCUT2D eigenvalue weighted by Gasteiger charge is -2.42. The number of aliphatic hydroxyl groups excluding tert-OH is 1. The van der Waals surface area contributed by atoms with Gasteiger partial charge in [0.1, 0.15) is 0 Å². The van der Waals surface area contributed by atoms with E-state index < -0.39 is 0 Å². The quantitative estimate of drug-likeness (QED) is 0.690. The minimum Gasteiger partial charge on any atom is -0.391 e. The van der Waals surface area contributed by atoms with Crippen molar-refractivity contribution in [1.29, 1.82) is 0 Å². The van der Waals surface area contributed by atoms with E-state index >= 15 is 0 Å². The lowest BCUT2D eigenvalue weighted by atomic mass is 9.77. The van der Waals surface area contributed by atoms with Crippen molar-refractivity contribution in [2.24, 2.45) is 11.8 Å². The van der Waals surface area contributed by atoms with Gasteiger partial charge < -0.3 is 14.6 Å². The fourth-order valence-corrected chi connectivity index (χ4v) is 3.40. The number of aliphatic hydroxyl groups is 1. The highest BCUT2D eigenvalue weighted by Crippen LogP contribution is 2.37. The van der Waals surface area contributed by atoms with Crippen LogP contribution in [0.15, 0.2) is 0 Å². The second-order valence-electron chi connectivity index (χ2n) is 5.31. The van der Waals surface area contributed by atoms with Gasteiger partial charge >= 0.3 is 0 Å². The van der Waals surface area contributed by atoms with Gasteiger partial charge in [0.15, 0.2) is 0 Å². The number of nitrogens with zero attached hydrogens (tertiary/aromatic N) is 1. The normalized spacial score (nSPS) is 45.6. The predicted molar refractivity (Wildman–Crippen MR) is 59.2 cm³/mol. The molecule has 0 radical (unpaired) electrons. The molecular formula is C12H21NO3. The van der Waals surface area contributed by atoms with E-state index in [1.165, 1.54) is 0 Å². The predicted octanol–water partition coefficient (Wildman–Crippen LogP) is 0.105. The molecule has 92 valence electrons. The molecular weight excluding hydrogens is 206 g/mol. The van der Waals surface area contributed by atoms with E-state index in [9.17, 15) is 5.11 Å². The largest absolute Gasteiger partial charge is 0.391 e. The van der Waals surface area contributed by atoms with Gasteiger partial charge in [0.25, 0.3) is 0 Å². The van der Waals surface area contributed by atoms with Crippen molar-refractivity contribution in [3.63, 3.8) is 0 Å². The molecule has 1 aliphatic carbocycles. The SMILES string of the molecule is OC1CC2COCC2CC1N1CCOCC1. The molecule has 3 rings (SSSR count). The van der Waals surface area contributed by atoms with Crippen molar-refractivity contribution in [1.82, 2.24) is 4.90 Å². The third kappa shape index (κ3) is 1.99. The van der Waals surface area contributed by atoms with E-state index in [4.69, 9.17) is 9.47 Å². The summed E-state index contributed by atoms with van der Waals surface area (Å²) in [7, 11) is 0. The van der Waals surface area contributed by atoms with Crippen LogP contribution in [0.1, 0.15) is 12.8 Å². The van der Waals surface area contributed by atoms with Crippen molar-refractivity contribution in [3.05, 3.63) is 0 Å². The maximum atomic E-state index is 10.2. The van der Waals surface area contributed by atoms with Crippen LogP contribution in [0.2, 0.25) is 0 Å². The molecule has 1 saturated carbocycles. The second-order valence-corrected chi connectivity index (χ2v) is 5.31. The number of ether oxygens (including phenoxy) is 2. The summed E-state index contributed by atoms with van der Waals surface area (Å²) in [4.78, 5) is 2.41. The summed E-state index contributed by atoms with van der Waals surface area (Å²) in [5, 5.41) is 10.2. The third-order valence-corrected chi connectivity index (χ3v) is 4.38. The first kappa shape index (κ1) is 11.0. The zero-order valence-corrected chi connectivity index (χ0v) is 9.68. The van der Waals surface area contributed by atoms with E-state index in [1.54, 1.807) is 0 Å². The zero-order valence-electron chi connectivity index (χ0n) is 9.68. The Morgan fingerprint density at radius 2 is 1.62 bits per heavy atom. The number of hydrogen-bond acceptors (Lipinski definition) is 4. The number of rotatable bonds is 1. The van der Waals surface area contributed by atoms with E-state index in [0.29, 0.717) is 17.9 Å². The Labute approximate surface area is 96.5 Å². The summed E-state index contributed by atoms with van der Waals surface area (Å²) in [6.45, 7) is 5.33. The van der Waals surface area contributed by atoms with Crippen molar-refractivity contribution in [3.8, 4) is 0 Å². The molecule has 4 heteroatoms. The minimum atomic E-state index is -0.166. The van der Waals surface area contributed by atoms with E-state index in [0.717, 1.165) is 52.4 Å². The minimum absolute atomic E-state index is 0.166. The van der Waals surface area contributed by atoms with Crippen molar-refractivity contribution >= 4 is 0 Å². The fraction of sp³-hybridized carbons (Fsp3) is 1.00. The molecule has 4 atom stereocenters. The van der Waals surface area contributed by atoms with Crippen LogP contribution in [0, 0.1) is 11.8 Å². The average Bonchev–Trinajstić information content (AvgIpc) is 2.76. The molecule has 4 unspecified atom stereocenters. The Bertz CT molecular complexity index is 242. The van der Waals surface area contributed by atoms with Gasteiger partial charge in [-0.15, -0.1) is 0 Å². The molecule has 3 aliphatic rings. The molecule has 0 spiro atoms. The highest BCUT2D eigenvalue weighted by atomic mass is 16.5. The molecule has 0 bridgehead atoms. The molecule has 4 nitrogen and oxygen atoms in total. The van der Waals surface area contributed by atoms with Crippen LogP contribution in [-0.4, -0.2) is 61.7 Å². The summed E-state index contributed by atoms with van der Waals surface area (Å²) >= 11 is 0. The Hall–Kier alpha value is -0.160. The van der Waals surface area contributed by atoms with E-state index in [2.05, 4.69) is 4.90 Å². The molecule has 1 N–H and O–H groups in total. The maximum absolute atomic E-state index is 10.2. The van der Waals surface area contributed by atoms with Crippen molar-refractivity contribution in [2.75, 3.05) is 39.5 Å². The van der Waals surface area contributed by atoms with Gasteiger partial charge in [-0.05, 0) is 24.7 Å². The van der Waals surface area contributed by atoms with E-state index in [-0.39, 0.29) is 6.10 Å². The number of hydrogen-bond donors (Lipinski definition) is 1. The van der Waals surface area contributed by atoms with Gasteiger partial charge in [0.05, 0.1) is 19.3 Å². The zero-order chi connectivity index (χ0) is 11.0. The summed E-state index contributed by atoms with van der Waals surface area (Å²) in [6, 6.07) is 0.340. The standard InChI is InChI=1S/C12H21NO3/c14-12-6-10-8-16-7-9(10)5-11(12)13-1-3-15-4-2-13/h9-12,14H,1-8H2. The van der Waals surface area contributed by atoms with Gasteiger partial charge in [0.2, 0.25) is 0 Å². The summed E-state index contributed by atoms with van der Waals surface area (Å²) in [5.74, 6) is 1.28.